The lowest BCUT2D eigenvalue weighted by Gasteiger charge is -2.32. The van der Waals surface area contributed by atoms with Gasteiger partial charge < -0.3 is 29.9 Å². The molecule has 3 fully saturated rings. The number of hydrogen-bond donors (Lipinski definition) is 2. The summed E-state index contributed by atoms with van der Waals surface area (Å²) in [5, 5.41) is 16.2. The first-order valence-electron chi connectivity index (χ1n) is 13.1. The number of piperazine rings is 1. The van der Waals surface area contributed by atoms with Crippen molar-refractivity contribution in [2.24, 2.45) is 5.92 Å². The zero-order valence-electron chi connectivity index (χ0n) is 22.0. The van der Waals surface area contributed by atoms with E-state index in [2.05, 4.69) is 22.2 Å². The number of nitrogens with zero attached hydrogens (tertiary/aromatic N) is 4. The number of likely N-dealkylation sites (N-methyl/N-ethyl adjacent to an activating group) is 1. The number of hydrogen-bond acceptors (Lipinski definition) is 9. The lowest BCUT2D eigenvalue weighted by molar-refractivity contribution is -0.138. The monoisotopic (exact) mass is 541 g/mol. The van der Waals surface area contributed by atoms with Crippen LogP contribution >= 0.6 is 11.3 Å². The van der Waals surface area contributed by atoms with Gasteiger partial charge in [-0.25, -0.2) is 4.98 Å². The molecule has 2 N–H and O–H groups in total. The molecule has 2 aromatic rings. The molecule has 0 spiro atoms. The van der Waals surface area contributed by atoms with Crippen LogP contribution in [0, 0.1) is 5.92 Å². The Morgan fingerprint density at radius 3 is 2.58 bits per heavy atom. The molecule has 11 heteroatoms. The number of carbonyl (C=O) groups excluding carboxylic acids is 3. The third kappa shape index (κ3) is 5.47. The van der Waals surface area contributed by atoms with Crippen molar-refractivity contribution < 1.29 is 24.2 Å². The first-order chi connectivity index (χ1) is 18.2. The van der Waals surface area contributed by atoms with Gasteiger partial charge in [-0.3, -0.25) is 14.4 Å². The van der Waals surface area contributed by atoms with Crippen LogP contribution in [0.4, 0.5) is 5.13 Å². The van der Waals surface area contributed by atoms with Crippen LogP contribution in [0.2, 0.25) is 0 Å². The number of thiazole rings is 1. The average molecular weight is 542 g/mol. The maximum absolute atomic E-state index is 13.5. The molecule has 0 aliphatic carbocycles. The molecular weight excluding hydrogens is 506 g/mol. The van der Waals surface area contributed by atoms with E-state index in [9.17, 15) is 19.5 Å². The van der Waals surface area contributed by atoms with Crippen LogP contribution in [-0.2, 0) is 14.3 Å². The molecule has 204 valence electrons. The summed E-state index contributed by atoms with van der Waals surface area (Å²) in [5.74, 6) is -0.821. The van der Waals surface area contributed by atoms with Crippen molar-refractivity contribution in [3.8, 4) is 11.3 Å². The minimum Gasteiger partial charge on any atom is -0.388 e. The normalized spacial score (nSPS) is 24.7. The maximum atomic E-state index is 13.5. The number of likely N-dealkylation sites (tertiary alicyclic amines) is 1. The number of benzene rings is 1. The van der Waals surface area contributed by atoms with Crippen molar-refractivity contribution in [3.63, 3.8) is 0 Å². The molecule has 5 rings (SSSR count). The van der Waals surface area contributed by atoms with Gasteiger partial charge in [-0.15, -0.1) is 11.3 Å². The van der Waals surface area contributed by atoms with E-state index in [0.29, 0.717) is 12.0 Å². The highest BCUT2D eigenvalue weighted by Crippen LogP contribution is 2.30. The molecule has 4 heterocycles. The average Bonchev–Trinajstić information content (AvgIpc) is 3.62. The van der Waals surface area contributed by atoms with E-state index >= 15 is 0 Å². The molecular formula is C27H35N5O5S. The fourth-order valence-corrected chi connectivity index (χ4v) is 6.21. The number of aliphatic hydroxyl groups excluding tert-OH is 1. The summed E-state index contributed by atoms with van der Waals surface area (Å²) in [5.41, 5.74) is 2.23. The van der Waals surface area contributed by atoms with Crippen molar-refractivity contribution in [2.75, 3.05) is 51.3 Å². The van der Waals surface area contributed by atoms with Crippen molar-refractivity contribution in [1.82, 2.24) is 20.1 Å². The second-order valence-corrected chi connectivity index (χ2v) is 11.6. The van der Waals surface area contributed by atoms with Gasteiger partial charge in [0, 0.05) is 42.7 Å². The molecule has 1 aromatic carbocycles. The highest BCUT2D eigenvalue weighted by atomic mass is 32.1. The number of β-amino-alcohol motifs (C(OH)–C–C–N with tert-alkyl or cyclic N) is 1. The van der Waals surface area contributed by atoms with Crippen LogP contribution in [0.25, 0.3) is 11.3 Å². The van der Waals surface area contributed by atoms with Crippen LogP contribution in [-0.4, -0.2) is 108 Å². The predicted molar refractivity (Wildman–Crippen MR) is 144 cm³/mol. The SMILES string of the molecule is CC(C)CC(NC(=O)c1ccc(-c2csc(N3CCN(C)CC3)n2)cc1)C(=O)N1C[C@@H](O)[C@H]2OCC(=O)[C@H]21. The Kier molecular flexibility index (Phi) is 7.80. The van der Waals surface area contributed by atoms with Crippen LogP contribution < -0.4 is 10.2 Å². The van der Waals surface area contributed by atoms with Gasteiger partial charge in [0.05, 0.1) is 12.2 Å². The van der Waals surface area contributed by atoms with Gasteiger partial charge in [0.15, 0.2) is 10.9 Å². The highest BCUT2D eigenvalue weighted by Gasteiger charge is 2.52. The maximum Gasteiger partial charge on any atom is 0.251 e. The number of aliphatic hydroxyl groups is 1. The molecule has 3 aliphatic heterocycles. The number of rotatable bonds is 7. The van der Waals surface area contributed by atoms with Gasteiger partial charge in [-0.1, -0.05) is 26.0 Å². The summed E-state index contributed by atoms with van der Waals surface area (Å²) in [6, 6.07) is 5.60. The second-order valence-electron chi connectivity index (χ2n) is 10.8. The van der Waals surface area contributed by atoms with Crippen LogP contribution in [0.3, 0.4) is 0 Å². The Labute approximate surface area is 226 Å². The van der Waals surface area contributed by atoms with Gasteiger partial charge in [0.25, 0.3) is 5.91 Å². The number of fused-ring (bicyclic) bond motifs is 1. The summed E-state index contributed by atoms with van der Waals surface area (Å²) in [7, 11) is 2.13. The van der Waals surface area contributed by atoms with Gasteiger partial charge in [-0.2, -0.15) is 0 Å². The molecule has 0 radical (unpaired) electrons. The number of aromatic nitrogens is 1. The molecule has 1 unspecified atom stereocenters. The smallest absolute Gasteiger partial charge is 0.251 e. The first kappa shape index (κ1) is 26.7. The van der Waals surface area contributed by atoms with Crippen LogP contribution in [0.15, 0.2) is 29.6 Å². The molecule has 3 aliphatic rings. The zero-order valence-corrected chi connectivity index (χ0v) is 22.8. The Balaban J connectivity index is 1.26. The van der Waals surface area contributed by atoms with E-state index in [-0.39, 0.29) is 36.7 Å². The third-order valence-electron chi connectivity index (χ3n) is 7.46. The Bertz CT molecular complexity index is 1180. The minimum atomic E-state index is -0.916. The lowest BCUT2D eigenvalue weighted by Crippen LogP contribution is -2.52. The minimum absolute atomic E-state index is 0.0167. The van der Waals surface area contributed by atoms with E-state index in [4.69, 9.17) is 9.72 Å². The summed E-state index contributed by atoms with van der Waals surface area (Å²) >= 11 is 1.62. The van der Waals surface area contributed by atoms with Crippen molar-refractivity contribution in [3.05, 3.63) is 35.2 Å². The summed E-state index contributed by atoms with van der Waals surface area (Å²) in [4.78, 5) is 49.7. The largest absolute Gasteiger partial charge is 0.388 e. The number of ketones is 1. The topological polar surface area (TPSA) is 115 Å². The van der Waals surface area contributed by atoms with Crippen molar-refractivity contribution >= 4 is 34.1 Å². The quantitative estimate of drug-likeness (QED) is 0.538. The number of Topliss-reactive ketones (excluding diaryl/α,β-unsaturated/α-hetero) is 1. The third-order valence-corrected chi connectivity index (χ3v) is 8.36. The molecule has 0 saturated carbocycles. The van der Waals surface area contributed by atoms with Crippen molar-refractivity contribution in [2.45, 2.75) is 44.6 Å². The number of anilines is 1. The number of amides is 2. The fourth-order valence-electron chi connectivity index (χ4n) is 5.32. The first-order valence-corrected chi connectivity index (χ1v) is 14.0. The summed E-state index contributed by atoms with van der Waals surface area (Å²) in [6.07, 6.45) is -1.20. The standard InChI is InChI=1S/C27H35N5O5S/c1-16(2)12-19(26(36)32-13-21(33)24-23(32)22(34)14-37-24)28-25(35)18-6-4-17(5-7-18)20-15-38-27(29-20)31-10-8-30(3)9-11-31/h4-7,15-16,19,21,23-24,33H,8-14H2,1-3H3,(H,28,35)/t19?,21-,23-,24-/m1/s1. The van der Waals surface area contributed by atoms with Gasteiger partial charge >= 0.3 is 0 Å². The Morgan fingerprint density at radius 1 is 1.18 bits per heavy atom. The van der Waals surface area contributed by atoms with E-state index < -0.39 is 24.3 Å². The van der Waals surface area contributed by atoms with Crippen LogP contribution in [0.5, 0.6) is 0 Å². The second kappa shape index (κ2) is 11.1. The molecule has 2 amide bonds. The van der Waals surface area contributed by atoms with Gasteiger partial charge in [-0.05, 0) is 31.5 Å². The fraction of sp³-hybridized carbons (Fsp3) is 0.556. The molecule has 10 nitrogen and oxygen atoms in total. The van der Waals surface area contributed by atoms with E-state index in [0.717, 1.165) is 42.6 Å². The number of carbonyl (C=O) groups is 3. The Hall–Kier alpha value is -2.86. The highest BCUT2D eigenvalue weighted by molar-refractivity contribution is 7.14. The molecule has 38 heavy (non-hydrogen) atoms. The van der Waals surface area contributed by atoms with Crippen LogP contribution in [0.1, 0.15) is 30.6 Å². The van der Waals surface area contributed by atoms with Gasteiger partial charge in [0.2, 0.25) is 5.91 Å². The van der Waals surface area contributed by atoms with E-state index in [1.165, 1.54) is 4.90 Å². The Morgan fingerprint density at radius 2 is 1.89 bits per heavy atom. The molecule has 4 atom stereocenters. The van der Waals surface area contributed by atoms with Gasteiger partial charge in [0.1, 0.15) is 30.9 Å². The lowest BCUT2D eigenvalue weighted by atomic mass is 10.0. The van der Waals surface area contributed by atoms with E-state index in [1.807, 2.05) is 31.4 Å². The van der Waals surface area contributed by atoms with Crippen molar-refractivity contribution in [1.29, 1.82) is 0 Å². The molecule has 0 bridgehead atoms. The summed E-state index contributed by atoms with van der Waals surface area (Å²) in [6.45, 7) is 7.79. The zero-order chi connectivity index (χ0) is 27.0. The van der Waals surface area contributed by atoms with E-state index in [1.54, 1.807) is 23.5 Å². The number of nitrogens with one attached hydrogen (secondary N) is 1. The molecule has 1 aromatic heterocycles. The predicted octanol–water partition coefficient (Wildman–Crippen LogP) is 1.25. The molecule has 3 saturated heterocycles. The summed E-state index contributed by atoms with van der Waals surface area (Å²) < 4.78 is 5.39. The number of ether oxygens (including phenoxy) is 1.